The summed E-state index contributed by atoms with van der Waals surface area (Å²) in [5, 5.41) is 3.82. The SMILES string of the molecule is COc1cc(C=Nc2ccc([C@@H]3Nc4ccc(C)cc4[C@H]4C=CC[C@H]43)cc2)ccc1OCc1ccc(Br)cc1. The normalized spacial score (nSPS) is 19.4. The standard InChI is InChI=1S/C34H31BrN2O2/c1-22-6-16-31-30(18-22)28-4-3-5-29(28)34(37-31)25-10-14-27(15-11-25)36-20-24-9-17-32(33(19-24)38-2)39-21-23-7-12-26(35)13-8-23/h3-4,6-20,28-29,34,37H,5,21H2,1-2H3/t28-,29+,34-/m0/s1. The van der Waals surface area contributed by atoms with Gasteiger partial charge < -0.3 is 14.8 Å². The quantitative estimate of drug-likeness (QED) is 0.176. The van der Waals surface area contributed by atoms with E-state index < -0.39 is 0 Å². The Morgan fingerprint density at radius 2 is 1.77 bits per heavy atom. The van der Waals surface area contributed by atoms with Gasteiger partial charge in [-0.05, 0) is 90.0 Å². The summed E-state index contributed by atoms with van der Waals surface area (Å²) >= 11 is 3.46. The third kappa shape index (κ3) is 5.50. The first-order chi connectivity index (χ1) is 19.1. The van der Waals surface area contributed by atoms with Crippen LogP contribution in [0.1, 0.15) is 46.2 Å². The third-order valence-electron chi connectivity index (χ3n) is 7.63. The number of allylic oxidation sites excluding steroid dienone is 2. The molecule has 0 aromatic heterocycles. The van der Waals surface area contributed by atoms with Crippen molar-refractivity contribution < 1.29 is 9.47 Å². The Kier molecular flexibility index (Phi) is 7.25. The number of aryl methyl sites for hydroxylation is 1. The minimum atomic E-state index is 0.285. The Morgan fingerprint density at radius 3 is 2.56 bits per heavy atom. The van der Waals surface area contributed by atoms with Gasteiger partial charge in [-0.2, -0.15) is 0 Å². The highest BCUT2D eigenvalue weighted by atomic mass is 79.9. The number of hydrogen-bond acceptors (Lipinski definition) is 4. The van der Waals surface area contributed by atoms with Crippen LogP contribution in [-0.4, -0.2) is 13.3 Å². The van der Waals surface area contributed by atoms with E-state index in [0.29, 0.717) is 29.9 Å². The molecule has 4 nitrogen and oxygen atoms in total. The van der Waals surface area contributed by atoms with Gasteiger partial charge in [0.2, 0.25) is 0 Å². The van der Waals surface area contributed by atoms with Gasteiger partial charge in [0.05, 0.1) is 18.8 Å². The molecule has 4 aromatic carbocycles. The van der Waals surface area contributed by atoms with Crippen molar-refractivity contribution in [2.24, 2.45) is 10.9 Å². The van der Waals surface area contributed by atoms with Crippen LogP contribution in [0, 0.1) is 12.8 Å². The Bertz CT molecular complexity index is 1530. The number of benzene rings is 4. The van der Waals surface area contributed by atoms with Crippen LogP contribution in [-0.2, 0) is 6.61 Å². The molecule has 0 saturated heterocycles. The molecule has 39 heavy (non-hydrogen) atoms. The van der Waals surface area contributed by atoms with Crippen molar-refractivity contribution >= 4 is 33.5 Å². The van der Waals surface area contributed by atoms with Crippen LogP contribution in [0.4, 0.5) is 11.4 Å². The maximum absolute atomic E-state index is 6.00. The number of aliphatic imine (C=N–C) groups is 1. The van der Waals surface area contributed by atoms with Gasteiger partial charge in [0.1, 0.15) is 6.61 Å². The fraction of sp³-hybridized carbons (Fsp3) is 0.206. The van der Waals surface area contributed by atoms with Gasteiger partial charge in [0.25, 0.3) is 0 Å². The number of halogens is 1. The van der Waals surface area contributed by atoms with E-state index in [0.717, 1.165) is 27.7 Å². The summed E-state index contributed by atoms with van der Waals surface area (Å²) in [6, 6.07) is 29.6. The number of fused-ring (bicyclic) bond motifs is 3. The molecule has 0 unspecified atom stereocenters. The first kappa shape index (κ1) is 25.4. The molecule has 1 aliphatic carbocycles. The molecule has 5 heteroatoms. The highest BCUT2D eigenvalue weighted by molar-refractivity contribution is 9.10. The van der Waals surface area contributed by atoms with E-state index in [9.17, 15) is 0 Å². The zero-order valence-corrected chi connectivity index (χ0v) is 23.7. The summed E-state index contributed by atoms with van der Waals surface area (Å²) in [5.74, 6) is 2.40. The minimum Gasteiger partial charge on any atom is -0.493 e. The summed E-state index contributed by atoms with van der Waals surface area (Å²) in [4.78, 5) is 4.72. The monoisotopic (exact) mass is 578 g/mol. The van der Waals surface area contributed by atoms with E-state index in [2.05, 4.69) is 82.8 Å². The number of methoxy groups -OCH3 is 1. The molecule has 0 amide bonds. The molecule has 0 spiro atoms. The average Bonchev–Trinajstić information content (AvgIpc) is 3.46. The van der Waals surface area contributed by atoms with E-state index in [4.69, 9.17) is 14.5 Å². The van der Waals surface area contributed by atoms with Crippen LogP contribution in [0.15, 0.2) is 107 Å². The van der Waals surface area contributed by atoms with E-state index >= 15 is 0 Å². The summed E-state index contributed by atoms with van der Waals surface area (Å²) < 4.78 is 12.6. The maximum atomic E-state index is 6.00. The molecule has 0 radical (unpaired) electrons. The van der Waals surface area contributed by atoms with Gasteiger partial charge in [-0.3, -0.25) is 4.99 Å². The van der Waals surface area contributed by atoms with Crippen LogP contribution < -0.4 is 14.8 Å². The Hall–Kier alpha value is -3.83. The Morgan fingerprint density at radius 1 is 0.949 bits per heavy atom. The van der Waals surface area contributed by atoms with Crippen molar-refractivity contribution in [3.05, 3.63) is 129 Å². The number of anilines is 1. The lowest BCUT2D eigenvalue weighted by molar-refractivity contribution is 0.284. The molecule has 1 aliphatic heterocycles. The van der Waals surface area contributed by atoms with Crippen molar-refractivity contribution in [3.8, 4) is 11.5 Å². The summed E-state index contributed by atoms with van der Waals surface area (Å²) in [6.07, 6.45) is 7.69. The van der Waals surface area contributed by atoms with Gasteiger partial charge in [0.15, 0.2) is 11.5 Å². The summed E-state index contributed by atoms with van der Waals surface area (Å²) in [7, 11) is 1.66. The topological polar surface area (TPSA) is 42.8 Å². The van der Waals surface area contributed by atoms with Crippen LogP contribution >= 0.6 is 15.9 Å². The number of hydrogen-bond donors (Lipinski definition) is 1. The number of nitrogens with zero attached hydrogens (tertiary/aromatic N) is 1. The predicted molar refractivity (Wildman–Crippen MR) is 163 cm³/mol. The molecular weight excluding hydrogens is 548 g/mol. The van der Waals surface area contributed by atoms with Gasteiger partial charge in [-0.25, -0.2) is 0 Å². The Labute approximate surface area is 238 Å². The van der Waals surface area contributed by atoms with Crippen molar-refractivity contribution in [1.29, 1.82) is 0 Å². The highest BCUT2D eigenvalue weighted by Gasteiger charge is 2.37. The second kappa shape index (κ2) is 11.1. The molecule has 1 heterocycles. The van der Waals surface area contributed by atoms with Crippen LogP contribution in [0.2, 0.25) is 0 Å². The first-order valence-corrected chi connectivity index (χ1v) is 14.1. The van der Waals surface area contributed by atoms with Gasteiger partial charge in [-0.1, -0.05) is 70.0 Å². The van der Waals surface area contributed by atoms with Crippen molar-refractivity contribution in [3.63, 3.8) is 0 Å². The fourth-order valence-corrected chi connectivity index (χ4v) is 5.85. The van der Waals surface area contributed by atoms with Crippen molar-refractivity contribution in [2.75, 3.05) is 12.4 Å². The third-order valence-corrected chi connectivity index (χ3v) is 8.16. The molecule has 0 bridgehead atoms. The van der Waals surface area contributed by atoms with Gasteiger partial charge >= 0.3 is 0 Å². The second-order valence-corrected chi connectivity index (χ2v) is 11.2. The molecule has 0 fully saturated rings. The Balaban J connectivity index is 1.14. The fourth-order valence-electron chi connectivity index (χ4n) is 5.59. The van der Waals surface area contributed by atoms with E-state index in [1.807, 2.05) is 48.7 Å². The smallest absolute Gasteiger partial charge is 0.161 e. The number of nitrogens with one attached hydrogen (secondary N) is 1. The zero-order valence-electron chi connectivity index (χ0n) is 22.1. The largest absolute Gasteiger partial charge is 0.493 e. The minimum absolute atomic E-state index is 0.285. The van der Waals surface area contributed by atoms with E-state index in [-0.39, 0.29) is 6.04 Å². The number of rotatable bonds is 7. The zero-order chi connectivity index (χ0) is 26.8. The molecule has 196 valence electrons. The van der Waals surface area contributed by atoms with Crippen LogP contribution in [0.3, 0.4) is 0 Å². The lowest BCUT2D eigenvalue weighted by Gasteiger charge is -2.37. The van der Waals surface area contributed by atoms with Crippen molar-refractivity contribution in [1.82, 2.24) is 0 Å². The molecule has 4 aromatic rings. The first-order valence-electron chi connectivity index (χ1n) is 13.3. The van der Waals surface area contributed by atoms with E-state index in [1.165, 1.54) is 22.4 Å². The second-order valence-electron chi connectivity index (χ2n) is 10.2. The van der Waals surface area contributed by atoms with Gasteiger partial charge in [0, 0.05) is 22.3 Å². The summed E-state index contributed by atoms with van der Waals surface area (Å²) in [6.45, 7) is 2.64. The van der Waals surface area contributed by atoms with Crippen LogP contribution in [0.5, 0.6) is 11.5 Å². The van der Waals surface area contributed by atoms with Crippen molar-refractivity contribution in [2.45, 2.75) is 31.9 Å². The highest BCUT2D eigenvalue weighted by Crippen LogP contribution is 2.50. The summed E-state index contributed by atoms with van der Waals surface area (Å²) in [5.41, 5.74) is 8.25. The number of ether oxygens (including phenoxy) is 2. The van der Waals surface area contributed by atoms with Gasteiger partial charge in [-0.15, -0.1) is 0 Å². The molecule has 0 saturated carbocycles. The lowest BCUT2D eigenvalue weighted by Crippen LogP contribution is -2.29. The van der Waals surface area contributed by atoms with E-state index in [1.54, 1.807) is 7.11 Å². The molecule has 3 atom stereocenters. The lowest BCUT2D eigenvalue weighted by atomic mass is 9.76. The molecule has 6 rings (SSSR count). The predicted octanol–water partition coefficient (Wildman–Crippen LogP) is 8.92. The van der Waals surface area contributed by atoms with Crippen LogP contribution in [0.25, 0.3) is 0 Å². The molecular formula is C34H31BrN2O2. The average molecular weight is 580 g/mol. The molecule has 1 N–H and O–H groups in total. The maximum Gasteiger partial charge on any atom is 0.161 e. The molecule has 2 aliphatic rings.